The first-order chi connectivity index (χ1) is 5.24. The molecule has 0 radical (unpaired) electrons. The van der Waals surface area contributed by atoms with Gasteiger partial charge < -0.3 is 10.3 Å². The van der Waals surface area contributed by atoms with E-state index in [1.54, 1.807) is 4.57 Å². The summed E-state index contributed by atoms with van der Waals surface area (Å²) in [6.45, 7) is 2.11. The van der Waals surface area contributed by atoms with Crippen LogP contribution in [0.5, 0.6) is 0 Å². The third-order valence-corrected chi connectivity index (χ3v) is 1.34. The Balaban J connectivity index is 2.76. The molecule has 1 aromatic rings. The molecule has 2 N–H and O–H groups in total. The first kappa shape index (κ1) is 7.71. The Morgan fingerprint density at radius 3 is 3.09 bits per heavy atom. The van der Waals surface area contributed by atoms with Crippen molar-refractivity contribution in [3.63, 3.8) is 0 Å². The molecule has 0 aromatic carbocycles. The maximum Gasteiger partial charge on any atom is 0.237 e. The van der Waals surface area contributed by atoms with Crippen molar-refractivity contribution >= 4 is 5.91 Å². The largest absolute Gasteiger partial charge is 0.368 e. The van der Waals surface area contributed by atoms with E-state index >= 15 is 0 Å². The van der Waals surface area contributed by atoms with Crippen LogP contribution in [-0.2, 0) is 17.8 Å². The number of rotatable bonds is 3. The van der Waals surface area contributed by atoms with Gasteiger partial charge >= 0.3 is 0 Å². The fourth-order valence-electron chi connectivity index (χ4n) is 0.853. The van der Waals surface area contributed by atoms with E-state index in [0.717, 1.165) is 12.2 Å². The second kappa shape index (κ2) is 3.14. The number of nitrogens with two attached hydrogens (primary N) is 1. The number of carbonyl (C=O) groups is 1. The van der Waals surface area contributed by atoms with Gasteiger partial charge in [-0.05, 0) is 0 Å². The number of carbonyl (C=O) groups excluding carboxylic acids is 1. The first-order valence-corrected chi connectivity index (χ1v) is 3.39. The molecule has 0 spiro atoms. The van der Waals surface area contributed by atoms with E-state index in [2.05, 4.69) is 10.2 Å². The molecule has 1 aromatic heterocycles. The fraction of sp³-hybridized carbons (Fsp3) is 0.500. The van der Waals surface area contributed by atoms with Gasteiger partial charge in [-0.15, -0.1) is 10.2 Å². The van der Waals surface area contributed by atoms with Gasteiger partial charge in [0.1, 0.15) is 18.7 Å². The summed E-state index contributed by atoms with van der Waals surface area (Å²) >= 11 is 0. The van der Waals surface area contributed by atoms with E-state index in [1.807, 2.05) is 6.92 Å². The lowest BCUT2D eigenvalue weighted by Crippen LogP contribution is -2.19. The standard InChI is InChI=1S/C6H10N4O/c1-2-6-9-8-4-10(6)3-5(7)11/h4H,2-3H2,1H3,(H2,7,11). The lowest BCUT2D eigenvalue weighted by atomic mass is 10.4. The van der Waals surface area contributed by atoms with Gasteiger partial charge in [0, 0.05) is 6.42 Å². The first-order valence-electron chi connectivity index (χ1n) is 3.39. The van der Waals surface area contributed by atoms with Gasteiger partial charge in [-0.3, -0.25) is 4.79 Å². The highest BCUT2D eigenvalue weighted by Crippen LogP contribution is 1.94. The summed E-state index contributed by atoms with van der Waals surface area (Å²) in [5, 5.41) is 7.44. The van der Waals surface area contributed by atoms with E-state index in [0.29, 0.717) is 0 Å². The van der Waals surface area contributed by atoms with Crippen molar-refractivity contribution in [2.45, 2.75) is 19.9 Å². The summed E-state index contributed by atoms with van der Waals surface area (Å²) in [5.41, 5.74) is 4.99. The van der Waals surface area contributed by atoms with Crippen molar-refractivity contribution in [1.82, 2.24) is 14.8 Å². The number of primary amides is 1. The number of hydrogen-bond donors (Lipinski definition) is 1. The average Bonchev–Trinajstić information content (AvgIpc) is 2.34. The van der Waals surface area contributed by atoms with Crippen LogP contribution < -0.4 is 5.73 Å². The van der Waals surface area contributed by atoms with Crippen LogP contribution in [-0.4, -0.2) is 20.7 Å². The predicted molar refractivity (Wildman–Crippen MR) is 38.6 cm³/mol. The number of aromatic nitrogens is 3. The molecular weight excluding hydrogens is 144 g/mol. The van der Waals surface area contributed by atoms with Crippen LogP contribution in [0.15, 0.2) is 6.33 Å². The number of nitrogens with zero attached hydrogens (tertiary/aromatic N) is 3. The molecule has 0 unspecified atom stereocenters. The summed E-state index contributed by atoms with van der Waals surface area (Å²) in [7, 11) is 0. The average molecular weight is 154 g/mol. The fourth-order valence-corrected chi connectivity index (χ4v) is 0.853. The van der Waals surface area contributed by atoms with E-state index in [1.165, 1.54) is 6.33 Å². The normalized spacial score (nSPS) is 9.91. The quantitative estimate of drug-likeness (QED) is 0.627. The van der Waals surface area contributed by atoms with Crippen LogP contribution in [0.3, 0.4) is 0 Å². The Bertz CT molecular complexity index is 255. The van der Waals surface area contributed by atoms with Gasteiger partial charge in [-0.2, -0.15) is 0 Å². The zero-order valence-corrected chi connectivity index (χ0v) is 6.32. The summed E-state index contributed by atoms with van der Waals surface area (Å²) in [5.74, 6) is 0.406. The van der Waals surface area contributed by atoms with Crippen LogP contribution in [0.1, 0.15) is 12.7 Å². The maximum absolute atomic E-state index is 10.5. The number of hydrogen-bond acceptors (Lipinski definition) is 3. The molecule has 0 bridgehead atoms. The van der Waals surface area contributed by atoms with Crippen LogP contribution >= 0.6 is 0 Å². The molecule has 0 saturated heterocycles. The Kier molecular flexibility index (Phi) is 2.20. The van der Waals surface area contributed by atoms with Crippen molar-refractivity contribution in [2.75, 3.05) is 0 Å². The molecule has 5 nitrogen and oxygen atoms in total. The lowest BCUT2D eigenvalue weighted by molar-refractivity contribution is -0.118. The maximum atomic E-state index is 10.5. The monoisotopic (exact) mass is 154 g/mol. The van der Waals surface area contributed by atoms with Crippen LogP contribution in [0.2, 0.25) is 0 Å². The zero-order chi connectivity index (χ0) is 8.27. The number of amides is 1. The molecular formula is C6H10N4O. The highest BCUT2D eigenvalue weighted by atomic mass is 16.1. The van der Waals surface area contributed by atoms with Crippen molar-refractivity contribution in [1.29, 1.82) is 0 Å². The Morgan fingerprint density at radius 2 is 2.55 bits per heavy atom. The molecule has 5 heteroatoms. The predicted octanol–water partition coefficient (Wildman–Crippen LogP) is -0.674. The zero-order valence-electron chi connectivity index (χ0n) is 6.32. The Hall–Kier alpha value is -1.39. The molecule has 0 aliphatic heterocycles. The summed E-state index contributed by atoms with van der Waals surface area (Å²) in [6, 6.07) is 0. The van der Waals surface area contributed by atoms with Crippen molar-refractivity contribution in [2.24, 2.45) is 5.73 Å². The molecule has 60 valence electrons. The van der Waals surface area contributed by atoms with Gasteiger partial charge in [-0.25, -0.2) is 0 Å². The van der Waals surface area contributed by atoms with Gasteiger partial charge in [0.25, 0.3) is 0 Å². The Morgan fingerprint density at radius 1 is 1.82 bits per heavy atom. The highest BCUT2D eigenvalue weighted by Gasteiger charge is 2.02. The van der Waals surface area contributed by atoms with Crippen molar-refractivity contribution in [3.05, 3.63) is 12.2 Å². The minimum absolute atomic E-state index is 0.163. The van der Waals surface area contributed by atoms with Crippen LogP contribution in [0.4, 0.5) is 0 Å². The van der Waals surface area contributed by atoms with Crippen LogP contribution in [0.25, 0.3) is 0 Å². The molecule has 0 saturated carbocycles. The van der Waals surface area contributed by atoms with Crippen LogP contribution in [0, 0.1) is 0 Å². The molecule has 1 amide bonds. The van der Waals surface area contributed by atoms with Crippen molar-refractivity contribution in [3.8, 4) is 0 Å². The van der Waals surface area contributed by atoms with Gasteiger partial charge in [0.05, 0.1) is 0 Å². The summed E-state index contributed by atoms with van der Waals surface area (Å²) in [4.78, 5) is 10.5. The molecule has 1 rings (SSSR count). The molecule has 0 aliphatic rings. The van der Waals surface area contributed by atoms with Gasteiger partial charge in [0.15, 0.2) is 0 Å². The topological polar surface area (TPSA) is 73.8 Å². The molecule has 11 heavy (non-hydrogen) atoms. The lowest BCUT2D eigenvalue weighted by Gasteiger charge is -1.99. The van der Waals surface area contributed by atoms with E-state index < -0.39 is 0 Å². The van der Waals surface area contributed by atoms with Crippen molar-refractivity contribution < 1.29 is 4.79 Å². The van der Waals surface area contributed by atoms with E-state index in [9.17, 15) is 4.79 Å². The van der Waals surface area contributed by atoms with E-state index in [4.69, 9.17) is 5.73 Å². The minimum Gasteiger partial charge on any atom is -0.368 e. The SMILES string of the molecule is CCc1nncn1CC(N)=O. The smallest absolute Gasteiger partial charge is 0.237 e. The van der Waals surface area contributed by atoms with Gasteiger partial charge in [-0.1, -0.05) is 6.92 Å². The Labute approximate surface area is 64.2 Å². The molecule has 1 heterocycles. The third-order valence-electron chi connectivity index (χ3n) is 1.34. The second-order valence-corrected chi connectivity index (χ2v) is 2.19. The summed E-state index contributed by atoms with van der Waals surface area (Å²) in [6.07, 6.45) is 2.26. The highest BCUT2D eigenvalue weighted by molar-refractivity contribution is 5.73. The number of aryl methyl sites for hydroxylation is 1. The molecule has 0 aliphatic carbocycles. The minimum atomic E-state index is -0.375. The molecule has 0 fully saturated rings. The third kappa shape index (κ3) is 1.76. The van der Waals surface area contributed by atoms with Gasteiger partial charge in [0.2, 0.25) is 5.91 Å². The van der Waals surface area contributed by atoms with E-state index in [-0.39, 0.29) is 12.5 Å². The second-order valence-electron chi connectivity index (χ2n) is 2.19. The summed E-state index contributed by atoms with van der Waals surface area (Å²) < 4.78 is 1.64. The molecule has 0 atom stereocenters.